The fraction of sp³-hybridized carbons (Fsp3) is 0.562. The summed E-state index contributed by atoms with van der Waals surface area (Å²) in [5, 5.41) is 0. The van der Waals surface area contributed by atoms with Crippen molar-refractivity contribution in [2.24, 2.45) is 5.92 Å². The van der Waals surface area contributed by atoms with E-state index in [1.54, 1.807) is 7.11 Å². The summed E-state index contributed by atoms with van der Waals surface area (Å²) < 4.78 is 15.6. The summed E-state index contributed by atoms with van der Waals surface area (Å²) in [6, 6.07) is 7.58. The van der Waals surface area contributed by atoms with Gasteiger partial charge in [0.25, 0.3) is 0 Å². The van der Waals surface area contributed by atoms with Gasteiger partial charge >= 0.3 is 5.97 Å². The third-order valence-electron chi connectivity index (χ3n) is 3.86. The Hall–Kier alpha value is -1.75. The van der Waals surface area contributed by atoms with Crippen molar-refractivity contribution in [3.8, 4) is 11.5 Å². The lowest BCUT2D eigenvalue weighted by Crippen LogP contribution is -2.38. The van der Waals surface area contributed by atoms with E-state index in [1.165, 1.54) is 7.11 Å². The van der Waals surface area contributed by atoms with Crippen LogP contribution >= 0.6 is 0 Å². The van der Waals surface area contributed by atoms with Crippen LogP contribution in [0.4, 0.5) is 0 Å². The highest BCUT2D eigenvalue weighted by Gasteiger charge is 2.25. The molecule has 0 amide bonds. The molecule has 1 aromatic rings. The van der Waals surface area contributed by atoms with Crippen LogP contribution < -0.4 is 9.47 Å². The van der Waals surface area contributed by atoms with Gasteiger partial charge in [0.15, 0.2) is 0 Å². The zero-order chi connectivity index (χ0) is 15.1. The molecular weight excluding hydrogens is 270 g/mol. The lowest BCUT2D eigenvalue weighted by molar-refractivity contribution is -0.147. The van der Waals surface area contributed by atoms with Crippen molar-refractivity contribution in [2.75, 3.05) is 40.5 Å². The maximum atomic E-state index is 11.4. The summed E-state index contributed by atoms with van der Waals surface area (Å²) >= 11 is 0. The smallest absolute Gasteiger partial charge is 0.308 e. The van der Waals surface area contributed by atoms with E-state index in [4.69, 9.17) is 14.2 Å². The molecule has 5 nitrogen and oxygen atoms in total. The molecule has 1 saturated heterocycles. The Morgan fingerprint density at radius 3 is 2.33 bits per heavy atom. The highest BCUT2D eigenvalue weighted by molar-refractivity contribution is 5.72. The van der Waals surface area contributed by atoms with E-state index in [0.717, 1.165) is 44.0 Å². The van der Waals surface area contributed by atoms with Gasteiger partial charge in [-0.3, -0.25) is 9.69 Å². The summed E-state index contributed by atoms with van der Waals surface area (Å²) in [6.45, 7) is 3.37. The number of benzene rings is 1. The Labute approximate surface area is 125 Å². The first-order chi connectivity index (χ1) is 10.2. The Kier molecular flexibility index (Phi) is 5.87. The zero-order valence-corrected chi connectivity index (χ0v) is 12.7. The molecule has 0 atom stereocenters. The summed E-state index contributed by atoms with van der Waals surface area (Å²) in [4.78, 5) is 13.8. The Bertz CT molecular complexity index is 438. The van der Waals surface area contributed by atoms with E-state index in [1.807, 2.05) is 24.3 Å². The van der Waals surface area contributed by atoms with E-state index in [0.29, 0.717) is 6.61 Å². The highest BCUT2D eigenvalue weighted by atomic mass is 16.5. The second kappa shape index (κ2) is 7.88. The molecule has 21 heavy (non-hydrogen) atoms. The third-order valence-corrected chi connectivity index (χ3v) is 3.86. The number of ether oxygens (including phenoxy) is 3. The van der Waals surface area contributed by atoms with Gasteiger partial charge in [-0.05, 0) is 50.2 Å². The SMILES string of the molecule is COC(=O)C1CCN(CCOc2ccc(OC)cc2)CC1. The summed E-state index contributed by atoms with van der Waals surface area (Å²) in [5.41, 5.74) is 0. The third kappa shape index (κ3) is 4.63. The predicted octanol–water partition coefficient (Wildman–Crippen LogP) is 1.96. The summed E-state index contributed by atoms with van der Waals surface area (Å²) in [5.74, 6) is 1.66. The second-order valence-corrected chi connectivity index (χ2v) is 5.16. The Morgan fingerprint density at radius 1 is 1.14 bits per heavy atom. The summed E-state index contributed by atoms with van der Waals surface area (Å²) in [6.07, 6.45) is 1.74. The molecule has 1 aliphatic rings. The van der Waals surface area contributed by atoms with E-state index < -0.39 is 0 Å². The van der Waals surface area contributed by atoms with Crippen molar-refractivity contribution in [1.82, 2.24) is 4.90 Å². The van der Waals surface area contributed by atoms with Crippen LogP contribution in [0.5, 0.6) is 11.5 Å². The van der Waals surface area contributed by atoms with Gasteiger partial charge in [-0.1, -0.05) is 0 Å². The molecule has 0 aliphatic carbocycles. The van der Waals surface area contributed by atoms with Gasteiger partial charge in [0.05, 0.1) is 20.1 Å². The topological polar surface area (TPSA) is 48.0 Å². The molecule has 116 valence electrons. The molecule has 0 bridgehead atoms. The van der Waals surface area contributed by atoms with E-state index in [9.17, 15) is 4.79 Å². The lowest BCUT2D eigenvalue weighted by Gasteiger charge is -2.30. The Morgan fingerprint density at radius 2 is 1.76 bits per heavy atom. The number of rotatable bonds is 6. The number of likely N-dealkylation sites (tertiary alicyclic amines) is 1. The quantitative estimate of drug-likeness (QED) is 0.750. The monoisotopic (exact) mass is 293 g/mol. The van der Waals surface area contributed by atoms with E-state index >= 15 is 0 Å². The van der Waals surface area contributed by atoms with Crippen molar-refractivity contribution >= 4 is 5.97 Å². The van der Waals surface area contributed by atoms with Crippen LogP contribution in [0.15, 0.2) is 24.3 Å². The van der Waals surface area contributed by atoms with Crippen LogP contribution in [0.3, 0.4) is 0 Å². The number of methoxy groups -OCH3 is 2. The molecule has 1 fully saturated rings. The van der Waals surface area contributed by atoms with Gasteiger partial charge in [0.1, 0.15) is 18.1 Å². The number of piperidine rings is 1. The van der Waals surface area contributed by atoms with Crippen LogP contribution in [0.25, 0.3) is 0 Å². The maximum Gasteiger partial charge on any atom is 0.308 e. The van der Waals surface area contributed by atoms with Crippen molar-refractivity contribution in [1.29, 1.82) is 0 Å². The van der Waals surface area contributed by atoms with Gasteiger partial charge in [0, 0.05) is 6.54 Å². The van der Waals surface area contributed by atoms with E-state index in [-0.39, 0.29) is 11.9 Å². The minimum absolute atomic E-state index is 0.0637. The number of carbonyl (C=O) groups excluding carboxylic acids is 1. The first-order valence-electron chi connectivity index (χ1n) is 7.30. The minimum Gasteiger partial charge on any atom is -0.497 e. The number of nitrogens with zero attached hydrogens (tertiary/aromatic N) is 1. The first-order valence-corrected chi connectivity index (χ1v) is 7.30. The number of carbonyl (C=O) groups is 1. The van der Waals surface area contributed by atoms with Crippen LogP contribution in [0.1, 0.15) is 12.8 Å². The normalized spacial score (nSPS) is 16.5. The molecule has 0 radical (unpaired) electrons. The standard InChI is InChI=1S/C16H23NO4/c1-19-14-3-5-15(6-4-14)21-12-11-17-9-7-13(8-10-17)16(18)20-2/h3-6,13H,7-12H2,1-2H3. The molecule has 1 aliphatic heterocycles. The molecule has 0 aromatic heterocycles. The molecule has 0 saturated carbocycles. The van der Waals surface area contributed by atoms with Crippen molar-refractivity contribution < 1.29 is 19.0 Å². The number of hydrogen-bond donors (Lipinski definition) is 0. The maximum absolute atomic E-state index is 11.4. The molecular formula is C16H23NO4. The number of hydrogen-bond acceptors (Lipinski definition) is 5. The minimum atomic E-state index is -0.0795. The van der Waals surface area contributed by atoms with Crippen LogP contribution in [-0.4, -0.2) is 51.3 Å². The van der Waals surface area contributed by atoms with Gasteiger partial charge in [-0.2, -0.15) is 0 Å². The molecule has 0 unspecified atom stereocenters. The van der Waals surface area contributed by atoms with Gasteiger partial charge in [-0.25, -0.2) is 0 Å². The van der Waals surface area contributed by atoms with Crippen molar-refractivity contribution in [2.45, 2.75) is 12.8 Å². The van der Waals surface area contributed by atoms with Gasteiger partial charge in [-0.15, -0.1) is 0 Å². The highest BCUT2D eigenvalue weighted by Crippen LogP contribution is 2.19. The number of esters is 1. The van der Waals surface area contributed by atoms with Crippen LogP contribution in [-0.2, 0) is 9.53 Å². The molecule has 5 heteroatoms. The average molecular weight is 293 g/mol. The van der Waals surface area contributed by atoms with Gasteiger partial charge < -0.3 is 14.2 Å². The molecule has 1 heterocycles. The van der Waals surface area contributed by atoms with Crippen molar-refractivity contribution in [3.63, 3.8) is 0 Å². The first kappa shape index (κ1) is 15.6. The summed E-state index contributed by atoms with van der Waals surface area (Å²) in [7, 11) is 3.10. The van der Waals surface area contributed by atoms with Crippen LogP contribution in [0, 0.1) is 5.92 Å². The molecule has 0 N–H and O–H groups in total. The Balaban J connectivity index is 1.66. The largest absolute Gasteiger partial charge is 0.497 e. The lowest BCUT2D eigenvalue weighted by atomic mass is 9.97. The van der Waals surface area contributed by atoms with Crippen LogP contribution in [0.2, 0.25) is 0 Å². The fourth-order valence-electron chi connectivity index (χ4n) is 2.52. The molecule has 2 rings (SSSR count). The molecule has 1 aromatic carbocycles. The van der Waals surface area contributed by atoms with Gasteiger partial charge in [0.2, 0.25) is 0 Å². The van der Waals surface area contributed by atoms with E-state index in [2.05, 4.69) is 4.90 Å². The molecule has 0 spiro atoms. The zero-order valence-electron chi connectivity index (χ0n) is 12.7. The second-order valence-electron chi connectivity index (χ2n) is 5.16. The average Bonchev–Trinajstić information content (AvgIpc) is 2.55. The predicted molar refractivity (Wildman–Crippen MR) is 79.7 cm³/mol. The fourth-order valence-corrected chi connectivity index (χ4v) is 2.52. The van der Waals surface area contributed by atoms with Crippen molar-refractivity contribution in [3.05, 3.63) is 24.3 Å².